The molecule has 0 aliphatic carbocycles. The number of fused-ring (bicyclic) bond motifs is 1. The highest BCUT2D eigenvalue weighted by Gasteiger charge is 2.25. The summed E-state index contributed by atoms with van der Waals surface area (Å²) in [7, 11) is 0. The molecule has 2 aliphatic rings. The molecule has 0 N–H and O–H groups in total. The maximum absolute atomic E-state index is 14.1. The van der Waals surface area contributed by atoms with Crippen LogP contribution in [0.25, 0.3) is 11.0 Å². The largest absolute Gasteiger partial charge is 0.378 e. The molecule has 0 saturated carbocycles. The van der Waals surface area contributed by atoms with Gasteiger partial charge in [-0.2, -0.15) is 0 Å². The fourth-order valence-electron chi connectivity index (χ4n) is 4.97. The van der Waals surface area contributed by atoms with Crippen LogP contribution in [-0.2, 0) is 9.47 Å². The van der Waals surface area contributed by atoms with Gasteiger partial charge in [-0.25, -0.2) is 9.37 Å². The summed E-state index contributed by atoms with van der Waals surface area (Å²) in [5.41, 5.74) is 3.66. The Morgan fingerprint density at radius 2 is 1.81 bits per heavy atom. The molecule has 3 aromatic rings. The summed E-state index contributed by atoms with van der Waals surface area (Å²) >= 11 is 0. The monoisotopic (exact) mass is 493 g/mol. The first-order valence-electron chi connectivity index (χ1n) is 12.6. The number of benzene rings is 2. The summed E-state index contributed by atoms with van der Waals surface area (Å²) in [6, 6.07) is 10.2. The van der Waals surface area contributed by atoms with Gasteiger partial charge < -0.3 is 24.2 Å². The predicted molar refractivity (Wildman–Crippen MR) is 137 cm³/mol. The van der Waals surface area contributed by atoms with Crippen molar-refractivity contribution in [1.82, 2.24) is 14.9 Å². The first-order valence-corrected chi connectivity index (χ1v) is 12.6. The van der Waals surface area contributed by atoms with Crippen LogP contribution in [0.1, 0.15) is 35.8 Å². The lowest BCUT2D eigenvalue weighted by molar-refractivity contribution is 0.0303. The first kappa shape index (κ1) is 24.4. The van der Waals surface area contributed by atoms with E-state index in [2.05, 4.69) is 16.7 Å². The van der Waals surface area contributed by atoms with E-state index in [0.717, 1.165) is 35.7 Å². The van der Waals surface area contributed by atoms with Crippen molar-refractivity contribution in [2.24, 2.45) is 0 Å². The molecule has 1 amide bonds. The minimum Gasteiger partial charge on any atom is -0.378 e. The normalized spacial score (nSPS) is 17.3. The van der Waals surface area contributed by atoms with Gasteiger partial charge in [-0.05, 0) is 44.2 Å². The molecule has 1 unspecified atom stereocenters. The van der Waals surface area contributed by atoms with Crippen molar-refractivity contribution in [1.29, 1.82) is 0 Å². The number of carbonyl (C=O) groups is 1. The number of hydrogen-bond donors (Lipinski definition) is 0. The topological polar surface area (TPSA) is 71.0 Å². The second kappa shape index (κ2) is 10.8. The zero-order valence-corrected chi connectivity index (χ0v) is 20.8. The van der Waals surface area contributed by atoms with Crippen molar-refractivity contribution < 1.29 is 18.7 Å². The summed E-state index contributed by atoms with van der Waals surface area (Å²) < 4.78 is 25.0. The van der Waals surface area contributed by atoms with Crippen molar-refractivity contribution in [3.63, 3.8) is 0 Å². The Bertz CT molecular complexity index is 1230. The van der Waals surface area contributed by atoms with Crippen molar-refractivity contribution in [3.05, 3.63) is 59.5 Å². The quantitative estimate of drug-likeness (QED) is 0.519. The molecule has 5 rings (SSSR count). The van der Waals surface area contributed by atoms with Gasteiger partial charge in [0.1, 0.15) is 11.6 Å². The summed E-state index contributed by atoms with van der Waals surface area (Å²) in [6.07, 6.45) is 1.77. The molecule has 190 valence electrons. The first-order chi connectivity index (χ1) is 17.5. The average molecular weight is 494 g/mol. The summed E-state index contributed by atoms with van der Waals surface area (Å²) in [5, 5.41) is 0. The van der Waals surface area contributed by atoms with Crippen molar-refractivity contribution in [2.75, 3.05) is 69.0 Å². The van der Waals surface area contributed by atoms with E-state index in [0.29, 0.717) is 57.1 Å². The van der Waals surface area contributed by atoms with E-state index in [1.807, 2.05) is 30.0 Å². The number of carbonyl (C=O) groups excluding carboxylic acids is 1. The highest BCUT2D eigenvalue weighted by Crippen LogP contribution is 2.33. The number of aromatic nitrogens is 2. The fraction of sp³-hybridized carbons (Fsp3) is 0.444. The molecule has 1 aromatic heterocycles. The number of hydrogen-bond acceptors (Lipinski definition) is 7. The molecule has 1 atom stereocenters. The standard InChI is InChI=1S/C27H32FN5O3/c1-3-33(22-6-4-5-21(28)17-22)19(2)23-15-20(27(34)32-9-13-36-14-10-32)16-24-26(23)30-25(18-29-24)31-7-11-35-12-8-31/h4-6,15-19H,3,7-14H2,1-2H3. The zero-order chi connectivity index (χ0) is 25.1. The molecule has 0 spiro atoms. The number of rotatable bonds is 6. The molecule has 8 nitrogen and oxygen atoms in total. The lowest BCUT2D eigenvalue weighted by atomic mass is 9.99. The summed E-state index contributed by atoms with van der Waals surface area (Å²) in [5.74, 6) is 0.468. The maximum Gasteiger partial charge on any atom is 0.254 e. The number of anilines is 2. The molecule has 2 aliphatic heterocycles. The highest BCUT2D eigenvalue weighted by molar-refractivity contribution is 5.98. The van der Waals surface area contributed by atoms with Crippen LogP contribution in [0.3, 0.4) is 0 Å². The number of amides is 1. The lowest BCUT2D eigenvalue weighted by Gasteiger charge is -2.32. The minimum absolute atomic E-state index is 0.0403. The molecular formula is C27H32FN5O3. The van der Waals surface area contributed by atoms with Crippen molar-refractivity contribution in [3.8, 4) is 0 Å². The number of nitrogens with zero attached hydrogens (tertiary/aromatic N) is 5. The van der Waals surface area contributed by atoms with Crippen LogP contribution < -0.4 is 9.80 Å². The lowest BCUT2D eigenvalue weighted by Crippen LogP contribution is -2.40. The Morgan fingerprint density at radius 1 is 1.08 bits per heavy atom. The summed E-state index contributed by atoms with van der Waals surface area (Å²) in [4.78, 5) is 29.3. The third kappa shape index (κ3) is 4.99. The zero-order valence-electron chi connectivity index (χ0n) is 20.8. The van der Waals surface area contributed by atoms with Gasteiger partial charge in [-0.3, -0.25) is 9.78 Å². The van der Waals surface area contributed by atoms with E-state index in [4.69, 9.17) is 19.4 Å². The van der Waals surface area contributed by atoms with Crippen LogP contribution in [0.5, 0.6) is 0 Å². The van der Waals surface area contributed by atoms with Crippen LogP contribution >= 0.6 is 0 Å². The van der Waals surface area contributed by atoms with Crippen LogP contribution in [0.15, 0.2) is 42.6 Å². The predicted octanol–water partition coefficient (Wildman–Crippen LogP) is 3.67. The minimum atomic E-state index is -0.284. The molecular weight excluding hydrogens is 461 g/mol. The van der Waals surface area contributed by atoms with E-state index in [1.54, 1.807) is 12.3 Å². The number of halogens is 1. The van der Waals surface area contributed by atoms with Crippen LogP contribution in [0, 0.1) is 5.82 Å². The van der Waals surface area contributed by atoms with E-state index >= 15 is 0 Å². The van der Waals surface area contributed by atoms with Gasteiger partial charge >= 0.3 is 0 Å². The summed E-state index contributed by atoms with van der Waals surface area (Å²) in [6.45, 7) is 9.77. The molecule has 9 heteroatoms. The van der Waals surface area contributed by atoms with Crippen molar-refractivity contribution >= 4 is 28.4 Å². The Hall–Kier alpha value is -3.30. The Labute approximate surface area is 210 Å². The number of morpholine rings is 2. The third-order valence-electron chi connectivity index (χ3n) is 6.94. The van der Waals surface area contributed by atoms with Crippen molar-refractivity contribution in [2.45, 2.75) is 19.9 Å². The average Bonchev–Trinajstić information content (AvgIpc) is 2.93. The van der Waals surface area contributed by atoms with E-state index in [1.165, 1.54) is 12.1 Å². The van der Waals surface area contributed by atoms with E-state index in [-0.39, 0.29) is 17.8 Å². The molecule has 0 radical (unpaired) electrons. The van der Waals surface area contributed by atoms with E-state index in [9.17, 15) is 9.18 Å². The molecule has 2 fully saturated rings. The van der Waals surface area contributed by atoms with Gasteiger partial charge in [0.2, 0.25) is 0 Å². The van der Waals surface area contributed by atoms with E-state index < -0.39 is 0 Å². The SMILES string of the molecule is CCN(c1cccc(F)c1)C(C)c1cc(C(=O)N2CCOCC2)cc2ncc(N3CCOCC3)nc12. The maximum atomic E-state index is 14.1. The fourth-order valence-corrected chi connectivity index (χ4v) is 4.97. The van der Waals surface area contributed by atoms with Gasteiger partial charge in [0, 0.05) is 49.5 Å². The van der Waals surface area contributed by atoms with Gasteiger partial charge in [0.25, 0.3) is 5.91 Å². The van der Waals surface area contributed by atoms with Gasteiger partial charge in [-0.1, -0.05) is 6.07 Å². The smallest absolute Gasteiger partial charge is 0.254 e. The Morgan fingerprint density at radius 3 is 2.50 bits per heavy atom. The second-order valence-corrected chi connectivity index (χ2v) is 9.11. The van der Waals surface area contributed by atoms with Gasteiger partial charge in [-0.15, -0.1) is 0 Å². The highest BCUT2D eigenvalue weighted by atomic mass is 19.1. The third-order valence-corrected chi connectivity index (χ3v) is 6.94. The Balaban J connectivity index is 1.60. The van der Waals surface area contributed by atoms with Gasteiger partial charge in [0.15, 0.2) is 0 Å². The van der Waals surface area contributed by atoms with Crippen LogP contribution in [0.4, 0.5) is 15.9 Å². The van der Waals surface area contributed by atoms with Crippen LogP contribution in [-0.4, -0.2) is 79.9 Å². The second-order valence-electron chi connectivity index (χ2n) is 9.11. The Kier molecular flexibility index (Phi) is 7.29. The molecule has 2 aromatic carbocycles. The molecule has 3 heterocycles. The molecule has 0 bridgehead atoms. The van der Waals surface area contributed by atoms with Crippen LogP contribution in [0.2, 0.25) is 0 Å². The van der Waals surface area contributed by atoms with Gasteiger partial charge in [0.05, 0.1) is 49.7 Å². The molecule has 2 saturated heterocycles. The number of ether oxygens (including phenoxy) is 2. The molecule has 36 heavy (non-hydrogen) atoms.